The molecule has 4 N–H and O–H groups in total. The van der Waals surface area contributed by atoms with Gasteiger partial charge in [0.05, 0.1) is 0 Å². The van der Waals surface area contributed by atoms with Crippen LogP contribution < -0.4 is 16.4 Å². The summed E-state index contributed by atoms with van der Waals surface area (Å²) in [5.74, 6) is 0.234. The minimum atomic E-state index is -4.57. The van der Waals surface area contributed by atoms with E-state index in [1.54, 1.807) is 11.0 Å². The zero-order valence-electron chi connectivity index (χ0n) is 17.7. The summed E-state index contributed by atoms with van der Waals surface area (Å²) in [5.41, 5.74) is 6.79. The van der Waals surface area contributed by atoms with Crippen LogP contribution in [-0.2, 0) is 23.9 Å². The first-order valence-electron chi connectivity index (χ1n) is 10.7. The molecule has 11 heteroatoms. The van der Waals surface area contributed by atoms with Crippen molar-refractivity contribution in [2.45, 2.75) is 63.8 Å². The molecule has 0 bridgehead atoms. The number of alkyl halides is 3. The van der Waals surface area contributed by atoms with Crippen LogP contribution in [-0.4, -0.2) is 44.4 Å². The molecule has 0 aromatic carbocycles. The molecule has 2 aromatic heterocycles. The van der Waals surface area contributed by atoms with Crippen molar-refractivity contribution in [3.8, 4) is 0 Å². The van der Waals surface area contributed by atoms with Crippen molar-refractivity contribution in [2.75, 3.05) is 17.2 Å². The van der Waals surface area contributed by atoms with E-state index in [9.17, 15) is 18.0 Å². The van der Waals surface area contributed by atoms with Gasteiger partial charge in [0.25, 0.3) is 0 Å². The maximum atomic E-state index is 13.5. The van der Waals surface area contributed by atoms with Crippen molar-refractivity contribution >= 4 is 23.5 Å². The van der Waals surface area contributed by atoms with Crippen LogP contribution in [0.15, 0.2) is 18.3 Å². The normalized spacial score (nSPS) is 21.1. The molecule has 8 nitrogen and oxygen atoms in total. The number of nitrogens with two attached hydrogens (primary N) is 1. The number of nitrogens with zero attached hydrogens (tertiary/aromatic N) is 4. The number of amides is 1. The molecule has 1 fully saturated rings. The number of carbonyl (C=O) groups excluding carboxylic acids is 1. The zero-order chi connectivity index (χ0) is 22.9. The van der Waals surface area contributed by atoms with Gasteiger partial charge in [0.2, 0.25) is 11.9 Å². The Kier molecular flexibility index (Phi) is 6.18. The highest BCUT2D eigenvalue weighted by Crippen LogP contribution is 2.35. The predicted octanol–water partition coefficient (Wildman–Crippen LogP) is 3.22. The number of hydrogen-bond donors (Lipinski definition) is 3. The van der Waals surface area contributed by atoms with Crippen molar-refractivity contribution in [1.29, 1.82) is 0 Å². The van der Waals surface area contributed by atoms with Gasteiger partial charge < -0.3 is 21.3 Å². The molecule has 172 valence electrons. The number of pyridine rings is 1. The van der Waals surface area contributed by atoms with E-state index >= 15 is 0 Å². The second-order valence-corrected chi connectivity index (χ2v) is 8.33. The third kappa shape index (κ3) is 5.09. The second kappa shape index (κ2) is 8.89. The zero-order valence-corrected chi connectivity index (χ0v) is 17.7. The Balaban J connectivity index is 1.53. The minimum Gasteiger partial charge on any atom is -0.367 e. The molecule has 1 aliphatic heterocycles. The number of nitrogens with one attached hydrogen (secondary N) is 2. The summed E-state index contributed by atoms with van der Waals surface area (Å²) in [5, 5.41) is 5.85. The van der Waals surface area contributed by atoms with Crippen molar-refractivity contribution < 1.29 is 18.0 Å². The van der Waals surface area contributed by atoms with E-state index in [0.717, 1.165) is 30.3 Å². The van der Waals surface area contributed by atoms with Gasteiger partial charge in [-0.3, -0.25) is 4.79 Å². The Bertz CT molecular complexity index is 990. The third-order valence-corrected chi connectivity index (χ3v) is 5.94. The van der Waals surface area contributed by atoms with Crippen LogP contribution in [0.1, 0.15) is 49.4 Å². The summed E-state index contributed by atoms with van der Waals surface area (Å²) in [6.07, 6.45) is -0.280. The molecule has 1 saturated carbocycles. The summed E-state index contributed by atoms with van der Waals surface area (Å²) in [7, 11) is 0. The maximum absolute atomic E-state index is 13.5. The number of carbonyl (C=O) groups is 1. The largest absolute Gasteiger partial charge is 0.421 e. The maximum Gasteiger partial charge on any atom is 0.421 e. The summed E-state index contributed by atoms with van der Waals surface area (Å²) >= 11 is 0. The van der Waals surface area contributed by atoms with Gasteiger partial charge in [0.1, 0.15) is 17.2 Å². The van der Waals surface area contributed by atoms with Gasteiger partial charge in [0.15, 0.2) is 0 Å². The number of fused-ring (bicyclic) bond motifs is 1. The molecular weight excluding hydrogens is 423 g/mol. The first-order chi connectivity index (χ1) is 15.2. The number of anilines is 3. The summed E-state index contributed by atoms with van der Waals surface area (Å²) in [6.45, 7) is 2.60. The molecule has 0 saturated heterocycles. The van der Waals surface area contributed by atoms with Gasteiger partial charge in [-0.2, -0.15) is 18.2 Å². The van der Waals surface area contributed by atoms with Crippen LogP contribution in [0.5, 0.6) is 0 Å². The molecule has 3 heterocycles. The fraction of sp³-hybridized carbons (Fsp3) is 0.524. The fourth-order valence-electron chi connectivity index (χ4n) is 4.09. The molecule has 0 radical (unpaired) electrons. The van der Waals surface area contributed by atoms with Gasteiger partial charge in [-0.15, -0.1) is 0 Å². The van der Waals surface area contributed by atoms with Crippen molar-refractivity contribution in [3.63, 3.8) is 0 Å². The highest BCUT2D eigenvalue weighted by atomic mass is 19.4. The van der Waals surface area contributed by atoms with Crippen LogP contribution in [0.25, 0.3) is 0 Å². The van der Waals surface area contributed by atoms with Gasteiger partial charge >= 0.3 is 6.18 Å². The molecule has 2 aliphatic rings. The molecule has 0 unspecified atom stereocenters. The molecule has 0 atom stereocenters. The Morgan fingerprint density at radius 1 is 1.19 bits per heavy atom. The molecule has 1 aliphatic carbocycles. The van der Waals surface area contributed by atoms with E-state index in [1.807, 2.05) is 6.07 Å². The second-order valence-electron chi connectivity index (χ2n) is 8.33. The summed E-state index contributed by atoms with van der Waals surface area (Å²) in [6, 6.07) is 3.54. The molecular formula is C21H26F3N7O. The highest BCUT2D eigenvalue weighted by molar-refractivity contribution is 5.73. The van der Waals surface area contributed by atoms with E-state index in [-0.39, 0.29) is 29.8 Å². The third-order valence-electron chi connectivity index (χ3n) is 5.94. The molecule has 32 heavy (non-hydrogen) atoms. The SMILES string of the molecule is CC(=O)N1CCc2nc(Nc3ncc(C(F)(F)F)c(NC4CCC(N)CC4)n3)ccc2C1. The number of rotatable bonds is 4. The highest BCUT2D eigenvalue weighted by Gasteiger charge is 2.36. The van der Waals surface area contributed by atoms with E-state index in [0.29, 0.717) is 38.2 Å². The van der Waals surface area contributed by atoms with Crippen molar-refractivity contribution in [2.24, 2.45) is 5.73 Å². The van der Waals surface area contributed by atoms with Gasteiger partial charge in [-0.25, -0.2) is 9.97 Å². The lowest BCUT2D eigenvalue weighted by atomic mass is 9.92. The standard InChI is InChI=1S/C21H26F3N7O/c1-12(32)31-9-8-17-13(11-31)2-7-18(28-17)29-20-26-10-16(21(22,23)24)19(30-20)27-15-5-3-14(25)4-6-15/h2,7,10,14-15H,3-6,8-9,11,25H2,1H3,(H2,26,27,28,29,30). The number of halogens is 3. The molecule has 1 amide bonds. The quantitative estimate of drug-likeness (QED) is 0.658. The topological polar surface area (TPSA) is 109 Å². The van der Waals surface area contributed by atoms with E-state index < -0.39 is 11.7 Å². The van der Waals surface area contributed by atoms with Crippen LogP contribution in [0.3, 0.4) is 0 Å². The van der Waals surface area contributed by atoms with Crippen LogP contribution >= 0.6 is 0 Å². The van der Waals surface area contributed by atoms with E-state index in [2.05, 4.69) is 25.6 Å². The number of hydrogen-bond acceptors (Lipinski definition) is 7. The van der Waals surface area contributed by atoms with Gasteiger partial charge in [-0.05, 0) is 37.3 Å². The predicted molar refractivity (Wildman–Crippen MR) is 113 cm³/mol. The average molecular weight is 449 g/mol. The van der Waals surface area contributed by atoms with Crippen LogP contribution in [0.4, 0.5) is 30.8 Å². The van der Waals surface area contributed by atoms with Crippen LogP contribution in [0, 0.1) is 0 Å². The lowest BCUT2D eigenvalue weighted by Crippen LogP contribution is -2.34. The average Bonchev–Trinajstić information content (AvgIpc) is 2.74. The fourth-order valence-corrected chi connectivity index (χ4v) is 4.09. The number of aromatic nitrogens is 3. The Morgan fingerprint density at radius 3 is 2.62 bits per heavy atom. The summed E-state index contributed by atoms with van der Waals surface area (Å²) in [4.78, 5) is 25.8. The smallest absolute Gasteiger partial charge is 0.367 e. The monoisotopic (exact) mass is 449 g/mol. The van der Waals surface area contributed by atoms with E-state index in [1.165, 1.54) is 6.92 Å². The summed E-state index contributed by atoms with van der Waals surface area (Å²) < 4.78 is 40.5. The Morgan fingerprint density at radius 2 is 1.94 bits per heavy atom. The Labute approximate surface area is 183 Å². The molecule has 4 rings (SSSR count). The van der Waals surface area contributed by atoms with E-state index in [4.69, 9.17) is 5.73 Å². The lowest BCUT2D eigenvalue weighted by Gasteiger charge is -2.28. The van der Waals surface area contributed by atoms with Gasteiger partial charge in [-0.1, -0.05) is 6.07 Å². The van der Waals surface area contributed by atoms with Crippen LogP contribution in [0.2, 0.25) is 0 Å². The minimum absolute atomic E-state index is 0.0102. The first-order valence-corrected chi connectivity index (χ1v) is 10.7. The molecule has 0 spiro atoms. The Hall–Kier alpha value is -2.95. The van der Waals surface area contributed by atoms with Crippen molar-refractivity contribution in [3.05, 3.63) is 35.2 Å². The van der Waals surface area contributed by atoms with Crippen molar-refractivity contribution in [1.82, 2.24) is 19.9 Å². The molecule has 2 aromatic rings. The first kappa shape index (κ1) is 22.3. The lowest BCUT2D eigenvalue weighted by molar-refractivity contribution is -0.137. The van der Waals surface area contributed by atoms with Gasteiger partial charge in [0, 0.05) is 50.4 Å².